The average Bonchev–Trinajstić information content (AvgIpc) is 3.25. The number of ether oxygens (including phenoxy) is 1. The molecule has 0 unspecified atom stereocenters. The number of benzene rings is 1. The van der Waals surface area contributed by atoms with Crippen LogP contribution in [0.15, 0.2) is 36.5 Å². The zero-order valence-corrected chi connectivity index (χ0v) is 14.5. The number of aromatic nitrogens is 4. The van der Waals surface area contributed by atoms with Crippen molar-refractivity contribution in [3.63, 3.8) is 0 Å². The molecule has 0 saturated heterocycles. The number of hydrogen-bond donors (Lipinski definition) is 2. The molecule has 2 heterocycles. The first-order valence-corrected chi connectivity index (χ1v) is 8.14. The first-order valence-electron chi connectivity index (χ1n) is 8.14. The molecule has 26 heavy (non-hydrogen) atoms. The van der Waals surface area contributed by atoms with Crippen molar-refractivity contribution in [1.82, 2.24) is 20.0 Å². The first-order chi connectivity index (χ1) is 12.7. The molecule has 3 aromatic rings. The molecule has 132 valence electrons. The molecule has 0 aliphatic rings. The van der Waals surface area contributed by atoms with E-state index in [-0.39, 0.29) is 12.3 Å². The van der Waals surface area contributed by atoms with Crippen molar-refractivity contribution >= 4 is 11.8 Å². The number of aromatic amines is 1. The Hall–Kier alpha value is -3.60. The Balaban J connectivity index is 1.97. The van der Waals surface area contributed by atoms with Crippen molar-refractivity contribution in [2.24, 2.45) is 0 Å². The van der Waals surface area contributed by atoms with Gasteiger partial charge in [0.2, 0.25) is 0 Å². The van der Waals surface area contributed by atoms with Gasteiger partial charge in [0.05, 0.1) is 18.5 Å². The van der Waals surface area contributed by atoms with E-state index in [0.717, 1.165) is 11.4 Å². The first kappa shape index (κ1) is 17.2. The van der Waals surface area contributed by atoms with Gasteiger partial charge in [-0.05, 0) is 26.0 Å². The number of esters is 1. The van der Waals surface area contributed by atoms with Gasteiger partial charge in [-0.1, -0.05) is 18.2 Å². The zero-order chi connectivity index (χ0) is 18.5. The van der Waals surface area contributed by atoms with Crippen LogP contribution in [0.25, 0.3) is 5.69 Å². The van der Waals surface area contributed by atoms with E-state index < -0.39 is 5.97 Å². The highest BCUT2D eigenvalue weighted by atomic mass is 16.5. The fraction of sp³-hybridized carbons (Fsp3) is 0.222. The number of rotatable bonds is 6. The van der Waals surface area contributed by atoms with Crippen LogP contribution in [0, 0.1) is 18.3 Å². The fourth-order valence-electron chi connectivity index (χ4n) is 2.61. The lowest BCUT2D eigenvalue weighted by Gasteiger charge is -2.07. The van der Waals surface area contributed by atoms with E-state index in [4.69, 9.17) is 10.00 Å². The maximum Gasteiger partial charge on any atom is 0.359 e. The normalized spacial score (nSPS) is 10.3. The number of carbonyl (C=O) groups is 1. The van der Waals surface area contributed by atoms with Crippen molar-refractivity contribution in [2.45, 2.75) is 20.4 Å². The molecule has 1 aromatic carbocycles. The maximum atomic E-state index is 12.3. The number of nitrogens with zero attached hydrogens (tertiary/aromatic N) is 4. The summed E-state index contributed by atoms with van der Waals surface area (Å²) >= 11 is 0. The van der Waals surface area contributed by atoms with Gasteiger partial charge in [0.15, 0.2) is 5.69 Å². The van der Waals surface area contributed by atoms with E-state index >= 15 is 0 Å². The molecule has 2 aromatic heterocycles. The molecule has 8 nitrogen and oxygen atoms in total. The van der Waals surface area contributed by atoms with Crippen LogP contribution in [0.4, 0.5) is 5.82 Å². The minimum absolute atomic E-state index is 0.249. The van der Waals surface area contributed by atoms with Gasteiger partial charge in [-0.25, -0.2) is 9.48 Å². The molecule has 2 N–H and O–H groups in total. The molecule has 8 heteroatoms. The minimum Gasteiger partial charge on any atom is -0.461 e. The smallest absolute Gasteiger partial charge is 0.359 e. The number of anilines is 1. The second-order valence-electron chi connectivity index (χ2n) is 5.50. The molecular formula is C18H18N6O2. The SMILES string of the molecule is CCOC(=O)c1nn(-c2ccccc2)c(C)c1CNc1[nH]ncc1C#N. The van der Waals surface area contributed by atoms with Gasteiger partial charge in [0.25, 0.3) is 0 Å². The fourth-order valence-corrected chi connectivity index (χ4v) is 2.61. The molecule has 0 saturated carbocycles. The Bertz CT molecular complexity index is 952. The predicted molar refractivity (Wildman–Crippen MR) is 94.9 cm³/mol. The summed E-state index contributed by atoms with van der Waals surface area (Å²) in [5.41, 5.74) is 3.01. The molecule has 0 aliphatic heterocycles. The van der Waals surface area contributed by atoms with Crippen LogP contribution in [0.1, 0.15) is 34.2 Å². The predicted octanol–water partition coefficient (Wildman–Crippen LogP) is 2.56. The van der Waals surface area contributed by atoms with Crippen molar-refractivity contribution in [1.29, 1.82) is 5.26 Å². The number of H-pyrrole nitrogens is 1. The molecule has 3 rings (SSSR count). The topological polar surface area (TPSA) is 109 Å². The number of nitriles is 1. The standard InChI is InChI=1S/C18H18N6O2/c1-3-26-18(25)16-15(11-20-17-13(9-19)10-21-22-17)12(2)24(23-16)14-7-5-4-6-8-14/h4-8,10H,3,11H2,1-2H3,(H2,20,21,22). The van der Waals surface area contributed by atoms with E-state index in [1.165, 1.54) is 6.20 Å². The molecule has 0 fully saturated rings. The third-order valence-electron chi connectivity index (χ3n) is 3.91. The summed E-state index contributed by atoms with van der Waals surface area (Å²) in [4.78, 5) is 12.3. The highest BCUT2D eigenvalue weighted by molar-refractivity contribution is 5.89. The quantitative estimate of drug-likeness (QED) is 0.661. The number of carbonyl (C=O) groups excluding carboxylic acids is 1. The van der Waals surface area contributed by atoms with Crippen molar-refractivity contribution < 1.29 is 9.53 Å². The van der Waals surface area contributed by atoms with Crippen LogP contribution < -0.4 is 5.32 Å². The van der Waals surface area contributed by atoms with Crippen molar-refractivity contribution in [2.75, 3.05) is 11.9 Å². The second kappa shape index (κ2) is 7.53. The summed E-state index contributed by atoms with van der Waals surface area (Å²) in [7, 11) is 0. The van der Waals surface area contributed by atoms with Gasteiger partial charge in [-0.3, -0.25) is 5.10 Å². The summed E-state index contributed by atoms with van der Waals surface area (Å²) in [5, 5.41) is 23.2. The third-order valence-corrected chi connectivity index (χ3v) is 3.91. The third kappa shape index (κ3) is 3.28. The molecular weight excluding hydrogens is 332 g/mol. The second-order valence-corrected chi connectivity index (χ2v) is 5.50. The molecule has 0 bridgehead atoms. The van der Waals surface area contributed by atoms with Crippen LogP contribution in [-0.2, 0) is 11.3 Å². The lowest BCUT2D eigenvalue weighted by atomic mass is 10.1. The lowest BCUT2D eigenvalue weighted by Crippen LogP contribution is -2.11. The summed E-state index contributed by atoms with van der Waals surface area (Å²) in [6.07, 6.45) is 1.44. The Kier molecular flexibility index (Phi) is 4.99. The van der Waals surface area contributed by atoms with E-state index in [2.05, 4.69) is 20.6 Å². The van der Waals surface area contributed by atoms with E-state index in [9.17, 15) is 4.79 Å². The molecule has 0 aliphatic carbocycles. The minimum atomic E-state index is -0.479. The Morgan fingerprint density at radius 2 is 2.15 bits per heavy atom. The number of hydrogen-bond acceptors (Lipinski definition) is 6. The van der Waals surface area contributed by atoms with Crippen LogP contribution >= 0.6 is 0 Å². The zero-order valence-electron chi connectivity index (χ0n) is 14.5. The van der Waals surface area contributed by atoms with Crippen molar-refractivity contribution in [3.05, 3.63) is 59.0 Å². The number of nitrogens with one attached hydrogen (secondary N) is 2. The Morgan fingerprint density at radius 3 is 2.85 bits per heavy atom. The average molecular weight is 350 g/mol. The maximum absolute atomic E-state index is 12.3. The number of para-hydroxylation sites is 1. The summed E-state index contributed by atoms with van der Waals surface area (Å²) < 4.78 is 6.85. The van der Waals surface area contributed by atoms with E-state index in [1.807, 2.05) is 43.3 Å². The molecule has 0 amide bonds. The van der Waals surface area contributed by atoms with Gasteiger partial charge in [-0.2, -0.15) is 15.5 Å². The van der Waals surface area contributed by atoms with Crippen LogP contribution in [0.5, 0.6) is 0 Å². The van der Waals surface area contributed by atoms with Gasteiger partial charge < -0.3 is 10.1 Å². The molecule has 0 spiro atoms. The Morgan fingerprint density at radius 1 is 1.38 bits per heavy atom. The monoisotopic (exact) mass is 350 g/mol. The van der Waals surface area contributed by atoms with Crippen molar-refractivity contribution in [3.8, 4) is 11.8 Å². The van der Waals surface area contributed by atoms with Gasteiger partial charge in [-0.15, -0.1) is 0 Å². The van der Waals surface area contributed by atoms with Crippen LogP contribution in [0.2, 0.25) is 0 Å². The Labute approximate surface area is 150 Å². The van der Waals surface area contributed by atoms with Gasteiger partial charge >= 0.3 is 5.97 Å². The summed E-state index contributed by atoms with van der Waals surface area (Å²) in [5.74, 6) is 0.0152. The molecule has 0 radical (unpaired) electrons. The van der Waals surface area contributed by atoms with Crippen LogP contribution in [0.3, 0.4) is 0 Å². The highest BCUT2D eigenvalue weighted by Gasteiger charge is 2.22. The summed E-state index contributed by atoms with van der Waals surface area (Å²) in [6, 6.07) is 11.6. The van der Waals surface area contributed by atoms with Gasteiger partial charge in [0, 0.05) is 17.8 Å². The summed E-state index contributed by atoms with van der Waals surface area (Å²) in [6.45, 7) is 4.20. The highest BCUT2D eigenvalue weighted by Crippen LogP contribution is 2.21. The van der Waals surface area contributed by atoms with Crippen LogP contribution in [-0.4, -0.2) is 32.6 Å². The van der Waals surface area contributed by atoms with Gasteiger partial charge in [0.1, 0.15) is 17.5 Å². The largest absolute Gasteiger partial charge is 0.461 e. The lowest BCUT2D eigenvalue weighted by molar-refractivity contribution is 0.0517. The molecule has 0 atom stereocenters. The van der Waals surface area contributed by atoms with E-state index in [0.29, 0.717) is 23.5 Å². The van der Waals surface area contributed by atoms with E-state index in [1.54, 1.807) is 11.6 Å².